The summed E-state index contributed by atoms with van der Waals surface area (Å²) in [5, 5.41) is 0.672. The van der Waals surface area contributed by atoms with Gasteiger partial charge in [0.15, 0.2) is 5.82 Å². The van der Waals surface area contributed by atoms with Crippen molar-refractivity contribution < 1.29 is 14.1 Å². The highest BCUT2D eigenvalue weighted by Crippen LogP contribution is 2.40. The lowest BCUT2D eigenvalue weighted by atomic mass is 10.1. The number of benzene rings is 1. The van der Waals surface area contributed by atoms with E-state index in [2.05, 4.69) is 40.0 Å². The molecule has 0 saturated heterocycles. The van der Waals surface area contributed by atoms with Crippen molar-refractivity contribution in [1.29, 1.82) is 0 Å². The molecule has 0 N–H and O–H groups in total. The van der Waals surface area contributed by atoms with Crippen molar-refractivity contribution in [3.05, 3.63) is 70.6 Å². The first-order valence-electron chi connectivity index (χ1n) is 11.6. The molecular weight excluding hydrogens is 612 g/mol. The Hall–Kier alpha value is -2.20. The average Bonchev–Trinajstić information content (AvgIpc) is 3.22. The maximum Gasteiger partial charge on any atom is 0.329 e. The number of pyridine rings is 1. The van der Waals surface area contributed by atoms with Gasteiger partial charge in [0.25, 0.3) is 0 Å². The minimum absolute atomic E-state index is 0.126. The van der Waals surface area contributed by atoms with Gasteiger partial charge in [0.1, 0.15) is 11.4 Å². The summed E-state index contributed by atoms with van der Waals surface area (Å²) in [4.78, 5) is 25.9. The van der Waals surface area contributed by atoms with Crippen LogP contribution in [-0.4, -0.2) is 45.7 Å². The van der Waals surface area contributed by atoms with Gasteiger partial charge in [-0.15, -0.1) is 0 Å². The number of anilines is 1. The van der Waals surface area contributed by atoms with Gasteiger partial charge in [-0.25, -0.2) is 4.79 Å². The molecule has 0 spiro atoms. The molecule has 8 nitrogen and oxygen atoms in total. The summed E-state index contributed by atoms with van der Waals surface area (Å²) in [6.45, 7) is 6.01. The molecular formula is C25H28ClIN5O3P. The first-order valence-corrected chi connectivity index (χ1v) is 16.0. The molecule has 0 bridgehead atoms. The Balaban J connectivity index is 1.80. The van der Waals surface area contributed by atoms with Gasteiger partial charge in [0, 0.05) is 24.3 Å². The van der Waals surface area contributed by atoms with Gasteiger partial charge in [-0.1, -0.05) is 36.7 Å². The van der Waals surface area contributed by atoms with Crippen LogP contribution >= 0.6 is 40.1 Å². The Morgan fingerprint density at radius 3 is 2.64 bits per heavy atom. The van der Waals surface area contributed by atoms with E-state index in [-0.39, 0.29) is 6.03 Å². The Bertz CT molecular complexity index is 1230. The van der Waals surface area contributed by atoms with Crippen molar-refractivity contribution in [2.45, 2.75) is 33.2 Å². The largest absolute Gasteiger partial charge is 0.424 e. The number of imidazole rings is 1. The predicted octanol–water partition coefficient (Wildman–Crippen LogP) is 7.05. The average molecular weight is 640 g/mol. The predicted molar refractivity (Wildman–Crippen MR) is 154 cm³/mol. The molecule has 0 saturated carbocycles. The van der Waals surface area contributed by atoms with Gasteiger partial charge in [-0.2, -0.15) is 4.98 Å². The minimum Gasteiger partial charge on any atom is -0.424 e. The first-order chi connectivity index (χ1) is 17.4. The fourth-order valence-electron chi connectivity index (χ4n) is 3.98. The van der Waals surface area contributed by atoms with Crippen LogP contribution in [0.4, 0.5) is 10.6 Å². The number of rotatable bonds is 10. The Labute approximate surface area is 231 Å². The summed E-state index contributed by atoms with van der Waals surface area (Å²) in [6, 6.07) is 11.7. The smallest absolute Gasteiger partial charge is 0.329 e. The highest BCUT2D eigenvalue weighted by Gasteiger charge is 2.37. The minimum atomic E-state index is -0.126. The van der Waals surface area contributed by atoms with Gasteiger partial charge in [-0.05, 0) is 71.6 Å². The number of amides is 2. The van der Waals surface area contributed by atoms with E-state index in [1.54, 1.807) is 18.1 Å². The molecule has 3 aromatic rings. The van der Waals surface area contributed by atoms with Crippen LogP contribution in [0.2, 0.25) is 5.02 Å². The quantitative estimate of drug-likeness (QED) is 0.135. The Morgan fingerprint density at radius 1 is 1.19 bits per heavy atom. The van der Waals surface area contributed by atoms with Crippen molar-refractivity contribution >= 4 is 57.6 Å². The number of halogens is 2. The topological polar surface area (TPSA) is 72.7 Å². The molecule has 190 valence electrons. The molecule has 1 unspecified atom stereocenters. The number of carbonyl (C=O) groups excluding carboxylic acids is 1. The van der Waals surface area contributed by atoms with Crippen LogP contribution < -0.4 is 9.64 Å². The van der Waals surface area contributed by atoms with Crippen LogP contribution in [0, 0.1) is 6.92 Å². The second-order valence-electron chi connectivity index (χ2n) is 8.29. The number of aromatic nitrogens is 3. The maximum atomic E-state index is 13.4. The monoisotopic (exact) mass is 639 g/mol. The van der Waals surface area contributed by atoms with E-state index >= 15 is 0 Å². The molecule has 1 aliphatic rings. The highest BCUT2D eigenvalue weighted by molar-refractivity contribution is 14.2. The lowest BCUT2D eigenvalue weighted by molar-refractivity contribution is 0.220. The van der Waals surface area contributed by atoms with Crippen LogP contribution in [-0.2, 0) is 11.1 Å². The number of aryl methyl sites for hydroxylation is 1. The summed E-state index contributed by atoms with van der Waals surface area (Å²) in [5.41, 5.74) is 3.59. The SMILES string of the molecule is CC/C=C1/c2c(nc(Oc3ccc(C)nc3)n2Cc2ccc(Cl)cc2)N(C)C(=O)N1CCCOPI. The van der Waals surface area contributed by atoms with E-state index in [4.69, 9.17) is 25.8 Å². The zero-order valence-electron chi connectivity index (χ0n) is 20.4. The number of nitrogens with zero attached hydrogens (tertiary/aromatic N) is 5. The van der Waals surface area contributed by atoms with Gasteiger partial charge in [-0.3, -0.25) is 19.4 Å². The lowest BCUT2D eigenvalue weighted by Gasteiger charge is -2.35. The van der Waals surface area contributed by atoms with Crippen molar-refractivity contribution in [2.75, 3.05) is 25.1 Å². The highest BCUT2D eigenvalue weighted by atomic mass is 127. The first kappa shape index (κ1) is 26.9. The normalized spacial score (nSPS) is 14.8. The molecule has 36 heavy (non-hydrogen) atoms. The number of hydrogen-bond donors (Lipinski definition) is 0. The zero-order chi connectivity index (χ0) is 25.7. The summed E-state index contributed by atoms with van der Waals surface area (Å²) >= 11 is 8.33. The maximum absolute atomic E-state index is 13.4. The molecule has 0 radical (unpaired) electrons. The number of fused-ring (bicyclic) bond motifs is 1. The van der Waals surface area contributed by atoms with Crippen LogP contribution in [0.3, 0.4) is 0 Å². The second-order valence-corrected chi connectivity index (χ2v) is 10.5. The standard InChI is InChI=1S/C25H28ClIN5O3P/c1-4-6-21-22-23(30(3)25(33)31(21)13-5-14-34-36-27)29-24(35-20-12-7-17(2)28-15-20)32(22)16-18-8-10-19(26)11-9-18/h6-12,15,36H,4-5,13-14,16H2,1-3H3/b21-6-. The number of ether oxygens (including phenoxy) is 1. The molecule has 1 aliphatic heterocycles. The Morgan fingerprint density at radius 2 is 1.97 bits per heavy atom. The van der Waals surface area contributed by atoms with Gasteiger partial charge in [0.05, 0.1) is 31.5 Å². The third kappa shape index (κ3) is 6.02. The lowest BCUT2D eigenvalue weighted by Crippen LogP contribution is -2.45. The van der Waals surface area contributed by atoms with E-state index in [9.17, 15) is 4.79 Å². The third-order valence-electron chi connectivity index (χ3n) is 5.71. The zero-order valence-corrected chi connectivity index (χ0v) is 24.3. The molecule has 0 aliphatic carbocycles. The molecule has 1 atom stereocenters. The van der Waals surface area contributed by atoms with Crippen molar-refractivity contribution in [3.63, 3.8) is 0 Å². The van der Waals surface area contributed by atoms with E-state index in [0.29, 0.717) is 48.7 Å². The molecule has 4 rings (SSSR count). The molecule has 3 heterocycles. The van der Waals surface area contributed by atoms with Crippen molar-refractivity contribution in [1.82, 2.24) is 19.4 Å². The van der Waals surface area contributed by atoms with Crippen molar-refractivity contribution in [3.8, 4) is 11.8 Å². The summed E-state index contributed by atoms with van der Waals surface area (Å²) in [5.74, 6) is 1.13. The molecule has 2 aromatic heterocycles. The van der Waals surface area contributed by atoms with Crippen LogP contribution in [0.15, 0.2) is 48.7 Å². The van der Waals surface area contributed by atoms with Crippen LogP contribution in [0.5, 0.6) is 11.8 Å². The second kappa shape index (κ2) is 12.4. The van der Waals surface area contributed by atoms with E-state index < -0.39 is 0 Å². The fourth-order valence-corrected chi connectivity index (χ4v) is 4.98. The van der Waals surface area contributed by atoms with E-state index in [1.807, 2.05) is 52.8 Å². The number of urea groups is 1. The van der Waals surface area contributed by atoms with Crippen LogP contribution in [0.25, 0.3) is 5.70 Å². The van der Waals surface area contributed by atoms with E-state index in [0.717, 1.165) is 35.5 Å². The number of carbonyl (C=O) groups is 1. The van der Waals surface area contributed by atoms with Gasteiger partial charge >= 0.3 is 12.0 Å². The molecule has 2 amide bonds. The van der Waals surface area contributed by atoms with E-state index in [1.165, 1.54) is 0 Å². The van der Waals surface area contributed by atoms with Gasteiger partial charge < -0.3 is 9.26 Å². The molecule has 11 heteroatoms. The summed E-state index contributed by atoms with van der Waals surface area (Å²) in [6.07, 6.45) is 5.24. The van der Waals surface area contributed by atoms with Crippen LogP contribution in [0.1, 0.15) is 36.7 Å². The summed E-state index contributed by atoms with van der Waals surface area (Å²) in [7, 11) is 1.75. The third-order valence-corrected chi connectivity index (χ3v) is 7.21. The molecule has 0 fully saturated rings. The molecule has 1 aromatic carbocycles. The number of allylic oxidation sites excluding steroid dienone is 1. The Kier molecular flexibility index (Phi) is 9.22. The number of hydrogen-bond acceptors (Lipinski definition) is 5. The van der Waals surface area contributed by atoms with Gasteiger partial charge in [0.2, 0.25) is 0 Å². The van der Waals surface area contributed by atoms with Crippen molar-refractivity contribution in [2.24, 2.45) is 0 Å². The fraction of sp³-hybridized carbons (Fsp3) is 0.320. The summed E-state index contributed by atoms with van der Waals surface area (Å²) < 4.78 is 13.8.